The molecule has 200 valence electrons. The lowest BCUT2D eigenvalue weighted by molar-refractivity contribution is -0.889. The molecule has 2 unspecified atom stereocenters. The number of nitrogens with zero attached hydrogens (tertiary/aromatic N) is 1. The first-order valence-electron chi connectivity index (χ1n) is 13.0. The lowest BCUT2D eigenvalue weighted by Crippen LogP contribution is -2.55. The maximum atomic E-state index is 12.2. The Hall–Kier alpha value is -1.67. The third-order valence-corrected chi connectivity index (χ3v) is 5.80. The fourth-order valence-corrected chi connectivity index (χ4v) is 3.74. The Morgan fingerprint density at radius 1 is 0.824 bits per heavy atom. The number of rotatable bonds is 22. The number of hydrogen-bond donors (Lipinski definition) is 0. The molecule has 0 saturated carbocycles. The summed E-state index contributed by atoms with van der Waals surface area (Å²) in [5, 5.41) is 11.3. The molecule has 0 aliphatic carbocycles. The first-order chi connectivity index (χ1) is 16.1. The minimum atomic E-state index is -1.13. The Morgan fingerprint density at radius 3 is 1.82 bits per heavy atom. The van der Waals surface area contributed by atoms with Gasteiger partial charge in [0.25, 0.3) is 0 Å². The number of carboxylic acids is 1. The summed E-state index contributed by atoms with van der Waals surface area (Å²) in [6.07, 6.45) is 13.1. The first-order valence-corrected chi connectivity index (χ1v) is 13.0. The predicted molar refractivity (Wildman–Crippen MR) is 130 cm³/mol. The highest BCUT2D eigenvalue weighted by Gasteiger charge is 2.25. The fourth-order valence-electron chi connectivity index (χ4n) is 3.74. The second kappa shape index (κ2) is 19.6. The smallest absolute Gasteiger partial charge is 0.306 e. The zero-order chi connectivity index (χ0) is 25.8. The maximum Gasteiger partial charge on any atom is 0.306 e. The van der Waals surface area contributed by atoms with Crippen LogP contribution in [0.15, 0.2) is 0 Å². The van der Waals surface area contributed by atoms with E-state index < -0.39 is 24.1 Å². The zero-order valence-corrected chi connectivity index (χ0v) is 22.3. The van der Waals surface area contributed by atoms with Crippen molar-refractivity contribution >= 4 is 17.9 Å². The summed E-state index contributed by atoms with van der Waals surface area (Å²) in [7, 11) is 5.33. The molecule has 0 fully saturated rings. The van der Waals surface area contributed by atoms with Gasteiger partial charge in [-0.1, -0.05) is 71.1 Å². The zero-order valence-electron chi connectivity index (χ0n) is 22.3. The van der Waals surface area contributed by atoms with E-state index in [1.807, 2.05) is 0 Å². The van der Waals surface area contributed by atoms with Crippen molar-refractivity contribution in [3.8, 4) is 0 Å². The molecule has 0 bridgehead atoms. The van der Waals surface area contributed by atoms with Gasteiger partial charge in [-0.05, 0) is 6.42 Å². The summed E-state index contributed by atoms with van der Waals surface area (Å²) in [4.78, 5) is 34.7. The van der Waals surface area contributed by atoms with Gasteiger partial charge in [0.1, 0.15) is 12.6 Å². The number of ether oxygens (including phenoxy) is 3. The van der Waals surface area contributed by atoms with Gasteiger partial charge in [-0.25, -0.2) is 0 Å². The van der Waals surface area contributed by atoms with Crippen molar-refractivity contribution in [3.05, 3.63) is 0 Å². The van der Waals surface area contributed by atoms with Gasteiger partial charge in [-0.15, -0.1) is 0 Å². The van der Waals surface area contributed by atoms with Gasteiger partial charge in [-0.3, -0.25) is 9.59 Å². The van der Waals surface area contributed by atoms with Crippen molar-refractivity contribution in [3.63, 3.8) is 0 Å². The normalized spacial score (nSPS) is 13.3. The minimum absolute atomic E-state index is 0.0359. The summed E-state index contributed by atoms with van der Waals surface area (Å²) < 4.78 is 16.2. The number of carbonyl (C=O) groups is 3. The molecule has 0 saturated heterocycles. The summed E-state index contributed by atoms with van der Waals surface area (Å²) in [6, 6.07) is -0.712. The molecule has 8 heteroatoms. The second-order valence-electron chi connectivity index (χ2n) is 10.0. The number of quaternary nitrogens is 1. The molecule has 0 aliphatic rings. The van der Waals surface area contributed by atoms with E-state index in [1.54, 1.807) is 21.1 Å². The van der Waals surface area contributed by atoms with Crippen LogP contribution in [0.3, 0.4) is 0 Å². The van der Waals surface area contributed by atoms with Gasteiger partial charge in [0, 0.05) is 19.8 Å². The van der Waals surface area contributed by atoms with Gasteiger partial charge >= 0.3 is 11.9 Å². The van der Waals surface area contributed by atoms with Crippen LogP contribution in [0.25, 0.3) is 0 Å². The van der Waals surface area contributed by atoms with Gasteiger partial charge in [0.15, 0.2) is 6.10 Å². The number of hydrogen-bond acceptors (Lipinski definition) is 7. The van der Waals surface area contributed by atoms with Crippen molar-refractivity contribution in [1.82, 2.24) is 0 Å². The third kappa shape index (κ3) is 18.7. The number of carbonyl (C=O) groups excluding carboxylic acids is 3. The van der Waals surface area contributed by atoms with E-state index in [4.69, 9.17) is 14.2 Å². The molecule has 0 spiro atoms. The standard InChI is InChI=1S/C26H49NO7/c1-6-7-8-9-10-11-12-13-14-15-16-17-25(29)34-23(21-33-22(2)28)20-32-19-18-24(26(30)31)27(3,4)5/h23-24H,6-21H2,1-5H3. The van der Waals surface area contributed by atoms with E-state index in [0.717, 1.165) is 19.3 Å². The van der Waals surface area contributed by atoms with E-state index in [9.17, 15) is 19.5 Å². The monoisotopic (exact) mass is 487 g/mol. The molecule has 34 heavy (non-hydrogen) atoms. The van der Waals surface area contributed by atoms with Crippen molar-refractivity contribution in [2.75, 3.05) is 41.0 Å². The Labute approximate surface area is 206 Å². The average Bonchev–Trinajstić information content (AvgIpc) is 2.74. The van der Waals surface area contributed by atoms with E-state index in [1.165, 1.54) is 58.3 Å². The van der Waals surface area contributed by atoms with Crippen molar-refractivity contribution in [2.24, 2.45) is 0 Å². The summed E-state index contributed by atoms with van der Waals surface area (Å²) in [5.41, 5.74) is 0. The quantitative estimate of drug-likeness (QED) is 0.131. The minimum Gasteiger partial charge on any atom is -0.544 e. The summed E-state index contributed by atoms with van der Waals surface area (Å²) in [6.45, 7) is 3.64. The van der Waals surface area contributed by atoms with Crippen LogP contribution in [0.5, 0.6) is 0 Å². The number of aliphatic carboxylic acids is 1. The Kier molecular flexibility index (Phi) is 18.7. The molecule has 0 aromatic carbocycles. The van der Waals surface area contributed by atoms with Gasteiger partial charge in [0.2, 0.25) is 0 Å². The van der Waals surface area contributed by atoms with Crippen LogP contribution in [-0.2, 0) is 28.6 Å². The highest BCUT2D eigenvalue weighted by molar-refractivity contribution is 5.70. The van der Waals surface area contributed by atoms with Crippen molar-refractivity contribution in [2.45, 2.75) is 109 Å². The van der Waals surface area contributed by atoms with Crippen LogP contribution >= 0.6 is 0 Å². The molecule has 8 nitrogen and oxygen atoms in total. The number of likely N-dealkylation sites (N-methyl/N-ethyl adjacent to an activating group) is 1. The van der Waals surface area contributed by atoms with E-state index in [-0.39, 0.29) is 36.7 Å². The van der Waals surface area contributed by atoms with Crippen molar-refractivity contribution < 1.29 is 38.2 Å². The topological polar surface area (TPSA) is 102 Å². The van der Waals surface area contributed by atoms with Crippen LogP contribution < -0.4 is 5.11 Å². The molecule has 0 aromatic heterocycles. The Bertz CT molecular complexity index is 560. The van der Waals surface area contributed by atoms with Gasteiger partial charge in [-0.2, -0.15) is 0 Å². The SMILES string of the molecule is CCCCCCCCCCCCCC(=O)OC(COCCC(C(=O)[O-])[N+](C)(C)C)COC(C)=O. The van der Waals surface area contributed by atoms with E-state index in [0.29, 0.717) is 6.42 Å². The molecule has 0 amide bonds. The van der Waals surface area contributed by atoms with Crippen LogP contribution in [-0.4, -0.2) is 75.5 Å². The summed E-state index contributed by atoms with van der Waals surface area (Å²) in [5.74, 6) is -1.94. The van der Waals surface area contributed by atoms with Crippen LogP contribution in [0.2, 0.25) is 0 Å². The third-order valence-electron chi connectivity index (χ3n) is 5.80. The molecule has 0 aliphatic heterocycles. The van der Waals surface area contributed by atoms with Crippen molar-refractivity contribution in [1.29, 1.82) is 0 Å². The second-order valence-corrected chi connectivity index (χ2v) is 10.0. The lowest BCUT2D eigenvalue weighted by atomic mass is 10.1. The molecular weight excluding hydrogens is 438 g/mol. The Morgan fingerprint density at radius 2 is 1.35 bits per heavy atom. The van der Waals surface area contributed by atoms with Crippen LogP contribution in [0, 0.1) is 0 Å². The van der Waals surface area contributed by atoms with Crippen LogP contribution in [0.4, 0.5) is 0 Å². The molecule has 0 rings (SSSR count). The maximum absolute atomic E-state index is 12.2. The molecule has 0 N–H and O–H groups in total. The van der Waals surface area contributed by atoms with Gasteiger partial charge < -0.3 is 28.6 Å². The Balaban J connectivity index is 4.13. The highest BCUT2D eigenvalue weighted by atomic mass is 16.6. The molecule has 0 radical (unpaired) electrons. The van der Waals surface area contributed by atoms with Gasteiger partial charge in [0.05, 0.1) is 40.3 Å². The predicted octanol–water partition coefficient (Wildman–Crippen LogP) is 3.39. The number of unbranched alkanes of at least 4 members (excludes halogenated alkanes) is 10. The largest absolute Gasteiger partial charge is 0.544 e. The molecule has 0 aromatic rings. The number of esters is 2. The molecular formula is C26H49NO7. The summed E-state index contributed by atoms with van der Waals surface area (Å²) >= 11 is 0. The highest BCUT2D eigenvalue weighted by Crippen LogP contribution is 2.13. The average molecular weight is 488 g/mol. The molecule has 2 atom stereocenters. The first kappa shape index (κ1) is 32.3. The number of carboxylic acid groups (broad SMARTS) is 1. The fraction of sp³-hybridized carbons (Fsp3) is 0.885. The van der Waals surface area contributed by atoms with E-state index >= 15 is 0 Å². The molecule has 0 heterocycles. The lowest BCUT2D eigenvalue weighted by Gasteiger charge is -2.34. The van der Waals surface area contributed by atoms with Crippen LogP contribution in [0.1, 0.15) is 97.3 Å². The van der Waals surface area contributed by atoms with E-state index in [2.05, 4.69) is 6.92 Å².